The Morgan fingerprint density at radius 2 is 1.57 bits per heavy atom. The number of para-hydroxylation sites is 1. The number of hydrogen-bond donors (Lipinski definition) is 2. The number of carbonyl (C=O) groups is 2. The standard InChI is InChI=1S/C27H26N4O5S/c1-4-35-22-15-12-18(16-23(22)36-5-2)24(32)28-21-9-7-6-8-20(21)25(33)29-27-31-30-26(37-27)17-10-13-19(34-3)14-11-17/h6-16H,4-5H2,1-3H3,(H,28,32)(H,29,31,33). The first-order chi connectivity index (χ1) is 18.0. The summed E-state index contributed by atoms with van der Waals surface area (Å²) in [4.78, 5) is 26.1. The summed E-state index contributed by atoms with van der Waals surface area (Å²) in [5, 5.41) is 14.8. The topological polar surface area (TPSA) is 112 Å². The van der Waals surface area contributed by atoms with Crippen LogP contribution >= 0.6 is 11.3 Å². The van der Waals surface area contributed by atoms with Gasteiger partial charge in [0.05, 0.1) is 31.6 Å². The normalized spacial score (nSPS) is 10.5. The van der Waals surface area contributed by atoms with Crippen LogP contribution in [-0.4, -0.2) is 42.3 Å². The Kier molecular flexibility index (Phi) is 8.32. The number of amides is 2. The fourth-order valence-electron chi connectivity index (χ4n) is 3.47. The highest BCUT2D eigenvalue weighted by atomic mass is 32.1. The molecule has 3 aromatic carbocycles. The molecule has 2 amide bonds. The average molecular weight is 519 g/mol. The van der Waals surface area contributed by atoms with E-state index in [0.717, 1.165) is 11.3 Å². The number of nitrogens with one attached hydrogen (secondary N) is 2. The Balaban J connectivity index is 1.49. The van der Waals surface area contributed by atoms with E-state index in [1.807, 2.05) is 38.1 Å². The molecule has 0 fully saturated rings. The largest absolute Gasteiger partial charge is 0.497 e. The third kappa shape index (κ3) is 6.22. The number of ether oxygens (including phenoxy) is 3. The van der Waals surface area contributed by atoms with Gasteiger partial charge < -0.3 is 19.5 Å². The molecule has 190 valence electrons. The van der Waals surface area contributed by atoms with E-state index in [1.165, 1.54) is 11.3 Å². The molecular formula is C27H26N4O5S. The maximum Gasteiger partial charge on any atom is 0.259 e. The Labute approximate surface area is 218 Å². The Hall–Kier alpha value is -4.44. The number of carbonyl (C=O) groups excluding carboxylic acids is 2. The van der Waals surface area contributed by atoms with Crippen LogP contribution in [-0.2, 0) is 0 Å². The van der Waals surface area contributed by atoms with E-state index in [2.05, 4.69) is 20.8 Å². The third-order valence-corrected chi connectivity index (χ3v) is 6.10. The zero-order valence-corrected chi connectivity index (χ0v) is 21.4. The van der Waals surface area contributed by atoms with E-state index in [-0.39, 0.29) is 11.5 Å². The van der Waals surface area contributed by atoms with E-state index in [0.29, 0.717) is 46.1 Å². The molecule has 0 aliphatic carbocycles. The van der Waals surface area contributed by atoms with E-state index in [1.54, 1.807) is 49.6 Å². The molecule has 10 heteroatoms. The summed E-state index contributed by atoms with van der Waals surface area (Å²) in [6.45, 7) is 4.64. The maximum atomic E-state index is 13.1. The van der Waals surface area contributed by atoms with Gasteiger partial charge >= 0.3 is 0 Å². The molecule has 0 aliphatic heterocycles. The van der Waals surface area contributed by atoms with Crippen LogP contribution in [0.3, 0.4) is 0 Å². The molecule has 0 spiro atoms. The fraction of sp³-hybridized carbons (Fsp3) is 0.185. The van der Waals surface area contributed by atoms with Gasteiger partial charge in [0, 0.05) is 11.1 Å². The van der Waals surface area contributed by atoms with Gasteiger partial charge in [-0.2, -0.15) is 0 Å². The predicted octanol–water partition coefficient (Wildman–Crippen LogP) is 5.52. The summed E-state index contributed by atoms with van der Waals surface area (Å²) in [5.74, 6) is 0.968. The van der Waals surface area contributed by atoms with Crippen molar-refractivity contribution in [3.63, 3.8) is 0 Å². The van der Waals surface area contributed by atoms with Crippen molar-refractivity contribution in [2.75, 3.05) is 31.0 Å². The van der Waals surface area contributed by atoms with Gasteiger partial charge in [-0.3, -0.25) is 14.9 Å². The summed E-state index contributed by atoms with van der Waals surface area (Å²) in [5.41, 5.74) is 1.87. The average Bonchev–Trinajstić information content (AvgIpc) is 3.38. The highest BCUT2D eigenvalue weighted by molar-refractivity contribution is 7.18. The van der Waals surface area contributed by atoms with Crippen LogP contribution in [0.15, 0.2) is 66.7 Å². The summed E-state index contributed by atoms with van der Waals surface area (Å²) < 4.78 is 16.4. The number of anilines is 2. The number of nitrogens with zero attached hydrogens (tertiary/aromatic N) is 2. The number of hydrogen-bond acceptors (Lipinski definition) is 8. The summed E-state index contributed by atoms with van der Waals surface area (Å²) in [6, 6.07) is 19.1. The van der Waals surface area contributed by atoms with Gasteiger partial charge in [0.25, 0.3) is 11.8 Å². The zero-order chi connectivity index (χ0) is 26.2. The minimum Gasteiger partial charge on any atom is -0.497 e. The second-order valence-electron chi connectivity index (χ2n) is 7.62. The first kappa shape index (κ1) is 25.6. The van der Waals surface area contributed by atoms with E-state index in [9.17, 15) is 9.59 Å². The van der Waals surface area contributed by atoms with Gasteiger partial charge in [-0.05, 0) is 68.4 Å². The molecule has 1 aromatic heterocycles. The van der Waals surface area contributed by atoms with Crippen molar-refractivity contribution in [1.29, 1.82) is 0 Å². The van der Waals surface area contributed by atoms with Gasteiger partial charge in [0.15, 0.2) is 11.5 Å². The lowest BCUT2D eigenvalue weighted by Gasteiger charge is -2.13. The fourth-order valence-corrected chi connectivity index (χ4v) is 4.21. The van der Waals surface area contributed by atoms with Crippen molar-refractivity contribution >= 4 is 34.0 Å². The molecule has 0 saturated heterocycles. The molecule has 1 heterocycles. The minimum atomic E-state index is -0.421. The van der Waals surface area contributed by atoms with Crippen LogP contribution in [0.25, 0.3) is 10.6 Å². The second kappa shape index (κ2) is 12.0. The summed E-state index contributed by atoms with van der Waals surface area (Å²) in [6.07, 6.45) is 0. The van der Waals surface area contributed by atoms with E-state index >= 15 is 0 Å². The summed E-state index contributed by atoms with van der Waals surface area (Å²) >= 11 is 1.24. The van der Waals surface area contributed by atoms with Crippen LogP contribution in [0, 0.1) is 0 Å². The lowest BCUT2D eigenvalue weighted by molar-refractivity contribution is 0.102. The number of methoxy groups -OCH3 is 1. The van der Waals surface area contributed by atoms with Crippen LogP contribution in [0.5, 0.6) is 17.2 Å². The predicted molar refractivity (Wildman–Crippen MR) is 143 cm³/mol. The number of rotatable bonds is 10. The van der Waals surface area contributed by atoms with Crippen LogP contribution in [0.2, 0.25) is 0 Å². The summed E-state index contributed by atoms with van der Waals surface area (Å²) in [7, 11) is 1.60. The highest BCUT2D eigenvalue weighted by Crippen LogP contribution is 2.30. The van der Waals surface area contributed by atoms with E-state index in [4.69, 9.17) is 14.2 Å². The van der Waals surface area contributed by atoms with Gasteiger partial charge in [0.1, 0.15) is 10.8 Å². The monoisotopic (exact) mass is 518 g/mol. The Bertz CT molecular complexity index is 1390. The zero-order valence-electron chi connectivity index (χ0n) is 20.6. The first-order valence-electron chi connectivity index (χ1n) is 11.6. The smallest absolute Gasteiger partial charge is 0.259 e. The molecule has 0 radical (unpaired) electrons. The van der Waals surface area contributed by atoms with Crippen molar-refractivity contribution in [3.05, 3.63) is 77.9 Å². The van der Waals surface area contributed by atoms with Crippen molar-refractivity contribution in [2.24, 2.45) is 0 Å². The van der Waals surface area contributed by atoms with Crippen molar-refractivity contribution < 1.29 is 23.8 Å². The quantitative estimate of drug-likeness (QED) is 0.284. The molecule has 0 saturated carbocycles. The molecule has 0 unspecified atom stereocenters. The maximum absolute atomic E-state index is 13.1. The van der Waals surface area contributed by atoms with Gasteiger partial charge in [-0.25, -0.2) is 0 Å². The van der Waals surface area contributed by atoms with Crippen LogP contribution < -0.4 is 24.8 Å². The van der Waals surface area contributed by atoms with Gasteiger partial charge in [0.2, 0.25) is 5.13 Å². The number of benzene rings is 3. The molecule has 37 heavy (non-hydrogen) atoms. The van der Waals surface area contributed by atoms with Crippen molar-refractivity contribution in [1.82, 2.24) is 10.2 Å². The molecule has 4 rings (SSSR count). The third-order valence-electron chi connectivity index (χ3n) is 5.21. The van der Waals surface area contributed by atoms with Crippen LogP contribution in [0.4, 0.5) is 10.8 Å². The minimum absolute atomic E-state index is 0.285. The molecule has 0 bridgehead atoms. The second-order valence-corrected chi connectivity index (χ2v) is 8.60. The highest BCUT2D eigenvalue weighted by Gasteiger charge is 2.18. The molecule has 0 aliphatic rings. The van der Waals surface area contributed by atoms with Crippen LogP contribution in [0.1, 0.15) is 34.6 Å². The molecule has 0 atom stereocenters. The first-order valence-corrected chi connectivity index (χ1v) is 12.4. The van der Waals surface area contributed by atoms with Crippen molar-refractivity contribution in [3.8, 4) is 27.8 Å². The van der Waals surface area contributed by atoms with Gasteiger partial charge in [-0.1, -0.05) is 23.5 Å². The van der Waals surface area contributed by atoms with E-state index < -0.39 is 5.91 Å². The SMILES string of the molecule is CCOc1ccc(C(=O)Nc2ccccc2C(=O)Nc2nnc(-c3ccc(OC)cc3)s2)cc1OCC. The Morgan fingerprint density at radius 1 is 0.838 bits per heavy atom. The molecule has 4 aromatic rings. The van der Waals surface area contributed by atoms with Crippen molar-refractivity contribution in [2.45, 2.75) is 13.8 Å². The molecule has 2 N–H and O–H groups in total. The lowest BCUT2D eigenvalue weighted by Crippen LogP contribution is -2.18. The number of aromatic nitrogens is 2. The van der Waals surface area contributed by atoms with Gasteiger partial charge in [-0.15, -0.1) is 10.2 Å². The molecular weight excluding hydrogens is 492 g/mol. The molecule has 9 nitrogen and oxygen atoms in total. The lowest BCUT2D eigenvalue weighted by atomic mass is 10.1. The Morgan fingerprint density at radius 3 is 2.30 bits per heavy atom.